The largest absolute Gasteiger partial charge is 0.468 e. The lowest BCUT2D eigenvalue weighted by Crippen LogP contribution is -2.26. The Morgan fingerprint density at radius 3 is 2.64 bits per heavy atom. The fraction of sp³-hybridized carbons (Fsp3) is 0.636. The van der Waals surface area contributed by atoms with Gasteiger partial charge in [-0.1, -0.05) is 13.8 Å². The summed E-state index contributed by atoms with van der Waals surface area (Å²) in [5.74, 6) is 0.886. The summed E-state index contributed by atoms with van der Waals surface area (Å²) in [6, 6.07) is 3.85. The van der Waals surface area contributed by atoms with Gasteiger partial charge in [0, 0.05) is 6.54 Å². The van der Waals surface area contributed by atoms with Crippen LogP contribution in [-0.2, 0) is 0 Å². The summed E-state index contributed by atoms with van der Waals surface area (Å²) < 4.78 is 5.25. The molecule has 0 spiro atoms. The molecule has 1 aromatic heterocycles. The molecule has 3 nitrogen and oxygen atoms in total. The van der Waals surface area contributed by atoms with Gasteiger partial charge in [-0.05, 0) is 31.6 Å². The second-order valence-electron chi connectivity index (χ2n) is 3.44. The second-order valence-corrected chi connectivity index (χ2v) is 3.44. The molecule has 1 heterocycles. The lowest BCUT2D eigenvalue weighted by atomic mass is 10.1. The van der Waals surface area contributed by atoms with Crippen molar-refractivity contribution in [1.82, 2.24) is 4.90 Å². The zero-order valence-electron chi connectivity index (χ0n) is 9.07. The van der Waals surface area contributed by atoms with E-state index in [0.717, 1.165) is 31.8 Å². The first-order chi connectivity index (χ1) is 6.77. The smallest absolute Gasteiger partial charge is 0.120 e. The molecule has 80 valence electrons. The molecule has 0 bridgehead atoms. The number of hydrogen-bond acceptors (Lipinski definition) is 3. The van der Waals surface area contributed by atoms with Gasteiger partial charge in [0.25, 0.3) is 0 Å². The molecule has 0 saturated carbocycles. The molecule has 1 aromatic rings. The number of rotatable bonds is 6. The van der Waals surface area contributed by atoms with Crippen molar-refractivity contribution >= 4 is 0 Å². The Labute approximate surface area is 85.9 Å². The molecule has 0 saturated heterocycles. The van der Waals surface area contributed by atoms with Crippen molar-refractivity contribution in [3.05, 3.63) is 24.2 Å². The van der Waals surface area contributed by atoms with Gasteiger partial charge in [0.2, 0.25) is 0 Å². The molecule has 1 unspecified atom stereocenters. The average molecular weight is 196 g/mol. The standard InChI is InChI=1S/C11H20N2O/c1-3-13(4-2)8-7-10(12)11-6-5-9-14-11/h5-6,9-10H,3-4,7-8,12H2,1-2H3. The highest BCUT2D eigenvalue weighted by Crippen LogP contribution is 2.14. The first-order valence-corrected chi connectivity index (χ1v) is 5.29. The number of furan rings is 1. The average Bonchev–Trinajstić information content (AvgIpc) is 2.72. The van der Waals surface area contributed by atoms with E-state index < -0.39 is 0 Å². The van der Waals surface area contributed by atoms with E-state index in [1.807, 2.05) is 12.1 Å². The number of nitrogens with zero attached hydrogens (tertiary/aromatic N) is 1. The van der Waals surface area contributed by atoms with Gasteiger partial charge >= 0.3 is 0 Å². The zero-order chi connectivity index (χ0) is 10.4. The Morgan fingerprint density at radius 1 is 1.43 bits per heavy atom. The van der Waals surface area contributed by atoms with Crippen LogP contribution in [-0.4, -0.2) is 24.5 Å². The summed E-state index contributed by atoms with van der Waals surface area (Å²) in [6.07, 6.45) is 2.63. The highest BCUT2D eigenvalue weighted by Gasteiger charge is 2.09. The van der Waals surface area contributed by atoms with Crippen molar-refractivity contribution in [1.29, 1.82) is 0 Å². The molecule has 3 heteroatoms. The van der Waals surface area contributed by atoms with Gasteiger partial charge in [-0.2, -0.15) is 0 Å². The minimum absolute atomic E-state index is 0.0330. The van der Waals surface area contributed by atoms with Gasteiger partial charge in [0.1, 0.15) is 5.76 Å². The molecule has 0 aromatic carbocycles. The first-order valence-electron chi connectivity index (χ1n) is 5.29. The lowest BCUT2D eigenvalue weighted by Gasteiger charge is -2.19. The molecule has 1 rings (SSSR count). The number of nitrogens with two attached hydrogens (primary N) is 1. The molecule has 2 N–H and O–H groups in total. The van der Waals surface area contributed by atoms with E-state index in [1.165, 1.54) is 0 Å². The van der Waals surface area contributed by atoms with Crippen LogP contribution in [0.1, 0.15) is 32.1 Å². The van der Waals surface area contributed by atoms with E-state index in [9.17, 15) is 0 Å². The maximum absolute atomic E-state index is 5.98. The van der Waals surface area contributed by atoms with Crippen LogP contribution >= 0.6 is 0 Å². The zero-order valence-corrected chi connectivity index (χ0v) is 9.07. The Kier molecular flexibility index (Phi) is 4.70. The first kappa shape index (κ1) is 11.3. The van der Waals surface area contributed by atoms with Gasteiger partial charge in [-0.25, -0.2) is 0 Å². The summed E-state index contributed by atoms with van der Waals surface area (Å²) in [4.78, 5) is 2.36. The monoisotopic (exact) mass is 196 g/mol. The molecule has 14 heavy (non-hydrogen) atoms. The Balaban J connectivity index is 2.31. The molecule has 0 aliphatic rings. The third-order valence-electron chi connectivity index (χ3n) is 2.56. The lowest BCUT2D eigenvalue weighted by molar-refractivity contribution is 0.284. The van der Waals surface area contributed by atoms with Crippen molar-refractivity contribution in [2.45, 2.75) is 26.3 Å². The highest BCUT2D eigenvalue weighted by molar-refractivity contribution is 5.03. The molecule has 0 aliphatic heterocycles. The second kappa shape index (κ2) is 5.83. The van der Waals surface area contributed by atoms with E-state index in [4.69, 9.17) is 10.2 Å². The SMILES string of the molecule is CCN(CC)CCC(N)c1ccco1. The molecule has 0 radical (unpaired) electrons. The van der Waals surface area contributed by atoms with Crippen LogP contribution in [0.2, 0.25) is 0 Å². The third kappa shape index (κ3) is 3.16. The van der Waals surface area contributed by atoms with E-state index in [-0.39, 0.29) is 6.04 Å². The maximum atomic E-state index is 5.98. The summed E-state index contributed by atoms with van der Waals surface area (Å²) in [5.41, 5.74) is 5.98. The molecule has 0 fully saturated rings. The van der Waals surface area contributed by atoms with Crippen LogP contribution in [0.25, 0.3) is 0 Å². The molecule has 0 amide bonds. The van der Waals surface area contributed by atoms with Gasteiger partial charge in [0.15, 0.2) is 0 Å². The predicted octanol–water partition coefficient (Wildman–Crippen LogP) is 2.01. The van der Waals surface area contributed by atoms with Gasteiger partial charge in [-0.15, -0.1) is 0 Å². The summed E-state index contributed by atoms with van der Waals surface area (Å²) >= 11 is 0. The van der Waals surface area contributed by atoms with E-state index in [2.05, 4.69) is 18.7 Å². The molecular formula is C11H20N2O. The fourth-order valence-electron chi connectivity index (χ4n) is 1.51. The van der Waals surface area contributed by atoms with Crippen LogP contribution < -0.4 is 5.73 Å². The predicted molar refractivity (Wildman–Crippen MR) is 58.0 cm³/mol. The van der Waals surface area contributed by atoms with Crippen LogP contribution in [0.3, 0.4) is 0 Å². The van der Waals surface area contributed by atoms with Crippen LogP contribution in [0.15, 0.2) is 22.8 Å². The molecule has 0 aliphatic carbocycles. The number of hydrogen-bond donors (Lipinski definition) is 1. The van der Waals surface area contributed by atoms with Crippen molar-refractivity contribution < 1.29 is 4.42 Å². The Bertz CT molecular complexity index is 229. The van der Waals surface area contributed by atoms with Crippen LogP contribution in [0.5, 0.6) is 0 Å². The summed E-state index contributed by atoms with van der Waals surface area (Å²) in [7, 11) is 0. The van der Waals surface area contributed by atoms with Crippen LogP contribution in [0.4, 0.5) is 0 Å². The van der Waals surface area contributed by atoms with E-state index in [1.54, 1.807) is 6.26 Å². The van der Waals surface area contributed by atoms with E-state index in [0.29, 0.717) is 0 Å². The van der Waals surface area contributed by atoms with E-state index >= 15 is 0 Å². The Hall–Kier alpha value is -0.800. The highest BCUT2D eigenvalue weighted by atomic mass is 16.3. The summed E-state index contributed by atoms with van der Waals surface area (Å²) in [5, 5.41) is 0. The van der Waals surface area contributed by atoms with Gasteiger partial charge in [-0.3, -0.25) is 0 Å². The van der Waals surface area contributed by atoms with Gasteiger partial charge in [0.05, 0.1) is 12.3 Å². The van der Waals surface area contributed by atoms with Crippen molar-refractivity contribution in [2.24, 2.45) is 5.73 Å². The van der Waals surface area contributed by atoms with Crippen molar-refractivity contribution in [3.63, 3.8) is 0 Å². The van der Waals surface area contributed by atoms with Crippen LogP contribution in [0, 0.1) is 0 Å². The quantitative estimate of drug-likeness (QED) is 0.756. The van der Waals surface area contributed by atoms with Crippen molar-refractivity contribution in [3.8, 4) is 0 Å². The minimum Gasteiger partial charge on any atom is -0.468 e. The maximum Gasteiger partial charge on any atom is 0.120 e. The topological polar surface area (TPSA) is 42.4 Å². The fourth-order valence-corrected chi connectivity index (χ4v) is 1.51. The normalized spacial score (nSPS) is 13.4. The third-order valence-corrected chi connectivity index (χ3v) is 2.56. The molecular weight excluding hydrogens is 176 g/mol. The summed E-state index contributed by atoms with van der Waals surface area (Å²) in [6.45, 7) is 7.54. The Morgan fingerprint density at radius 2 is 2.14 bits per heavy atom. The minimum atomic E-state index is 0.0330. The van der Waals surface area contributed by atoms with Gasteiger partial charge < -0.3 is 15.1 Å². The van der Waals surface area contributed by atoms with Crippen molar-refractivity contribution in [2.75, 3.05) is 19.6 Å². The molecule has 1 atom stereocenters.